The molecule has 0 aromatic rings. The van der Waals surface area contributed by atoms with Gasteiger partial charge in [0.25, 0.3) is 0 Å². The molecule has 0 fully saturated rings. The zero-order chi connectivity index (χ0) is 6.41. The van der Waals surface area contributed by atoms with E-state index in [0.29, 0.717) is 0 Å². The van der Waals surface area contributed by atoms with Gasteiger partial charge in [-0.3, -0.25) is 0 Å². The van der Waals surface area contributed by atoms with Crippen LogP contribution in [0.25, 0.3) is 0 Å². The average Bonchev–Trinajstić information content (AvgIpc) is 1.83. The average molecular weight is 185 g/mol. The number of hydrogen-bond donors (Lipinski definition) is 2. The third-order valence-electron chi connectivity index (χ3n) is 0.460. The summed E-state index contributed by atoms with van der Waals surface area (Å²) in [5.41, 5.74) is 0. The number of nitrogens with zero attached hydrogens (tertiary/aromatic N) is 1. The molecule has 5 heteroatoms. The summed E-state index contributed by atoms with van der Waals surface area (Å²) in [6, 6.07) is 0. The third-order valence-corrected chi connectivity index (χ3v) is 3.42. The molecule has 0 aromatic carbocycles. The van der Waals surface area contributed by atoms with Gasteiger partial charge in [0, 0.05) is 6.54 Å². The highest BCUT2D eigenvalue weighted by atomic mass is 33.1. The molecule has 0 rings (SSSR count). The van der Waals surface area contributed by atoms with Gasteiger partial charge in [-0.1, -0.05) is 29.4 Å². The van der Waals surface area contributed by atoms with Crippen molar-refractivity contribution in [2.75, 3.05) is 6.54 Å². The van der Waals surface area contributed by atoms with Crippen LogP contribution in [0.15, 0.2) is 12.7 Å². The Morgan fingerprint density at radius 3 is 2.12 bits per heavy atom. The minimum Gasteiger partial charge on any atom is -0.172 e. The SMILES string of the molecule is C=CCN(SS)SS. The molecule has 0 heterocycles. The molecule has 0 atom stereocenters. The normalized spacial score (nSPS) is 9.88. The molecule has 0 bridgehead atoms. The minimum absolute atomic E-state index is 0.794. The van der Waals surface area contributed by atoms with E-state index < -0.39 is 0 Å². The van der Waals surface area contributed by atoms with Crippen molar-refractivity contribution in [1.82, 2.24) is 3.71 Å². The Kier molecular flexibility index (Phi) is 7.08. The van der Waals surface area contributed by atoms with Crippen LogP contribution in [0.1, 0.15) is 0 Å². The Balaban J connectivity index is 3.20. The second-order valence-electron chi connectivity index (χ2n) is 0.967. The zero-order valence-electron chi connectivity index (χ0n) is 4.15. The lowest BCUT2D eigenvalue weighted by Gasteiger charge is -2.08. The standard InChI is InChI=1S/C3H7NS4/c1-2-3-4(7-5)8-6/h2,5-6H,1,3H2. The van der Waals surface area contributed by atoms with Gasteiger partial charge in [0.05, 0.1) is 0 Å². The second kappa shape index (κ2) is 6.22. The van der Waals surface area contributed by atoms with E-state index in [9.17, 15) is 0 Å². The number of thiol groups is 2. The van der Waals surface area contributed by atoms with Crippen LogP contribution >= 0.6 is 45.3 Å². The number of rotatable bonds is 4. The summed E-state index contributed by atoms with van der Waals surface area (Å²) in [6.45, 7) is 4.35. The molecule has 8 heavy (non-hydrogen) atoms. The maximum atomic E-state index is 3.95. The van der Waals surface area contributed by atoms with Gasteiger partial charge in [0.15, 0.2) is 0 Å². The van der Waals surface area contributed by atoms with Crippen LogP contribution in [0.3, 0.4) is 0 Å². The molecule has 0 unspecified atom stereocenters. The van der Waals surface area contributed by atoms with Gasteiger partial charge in [0.1, 0.15) is 0 Å². The predicted molar refractivity (Wildman–Crippen MR) is 50.1 cm³/mol. The Labute approximate surface area is 68.2 Å². The van der Waals surface area contributed by atoms with E-state index in [4.69, 9.17) is 0 Å². The lowest BCUT2D eigenvalue weighted by molar-refractivity contribution is 0.862. The fraction of sp³-hybridized carbons (Fsp3) is 0.333. The van der Waals surface area contributed by atoms with Crippen molar-refractivity contribution in [3.8, 4) is 0 Å². The molecule has 48 valence electrons. The Bertz CT molecular complexity index is 62.3. The summed E-state index contributed by atoms with van der Waals surface area (Å²) in [6.07, 6.45) is 1.80. The Hall–Kier alpha value is 1.10. The van der Waals surface area contributed by atoms with E-state index >= 15 is 0 Å². The van der Waals surface area contributed by atoms with Crippen LogP contribution in [0.4, 0.5) is 0 Å². The van der Waals surface area contributed by atoms with Gasteiger partial charge in [-0.25, -0.2) is 0 Å². The molecular weight excluding hydrogens is 178 g/mol. The minimum atomic E-state index is 0.794. The monoisotopic (exact) mass is 185 g/mol. The maximum absolute atomic E-state index is 3.95. The summed E-state index contributed by atoms with van der Waals surface area (Å²) in [5.74, 6) is 0. The van der Waals surface area contributed by atoms with Crippen molar-refractivity contribution in [3.05, 3.63) is 12.7 Å². The molecule has 0 aliphatic rings. The highest BCUT2D eigenvalue weighted by Gasteiger charge is 1.95. The van der Waals surface area contributed by atoms with Crippen LogP contribution in [0, 0.1) is 0 Å². The van der Waals surface area contributed by atoms with E-state index in [1.165, 1.54) is 22.0 Å². The lowest BCUT2D eigenvalue weighted by Crippen LogP contribution is -1.99. The van der Waals surface area contributed by atoms with Crippen molar-refractivity contribution < 1.29 is 0 Å². The van der Waals surface area contributed by atoms with Crippen molar-refractivity contribution in [2.24, 2.45) is 0 Å². The lowest BCUT2D eigenvalue weighted by atomic mass is 10.7. The quantitative estimate of drug-likeness (QED) is 0.300. The molecule has 0 amide bonds. The molecule has 0 spiro atoms. The van der Waals surface area contributed by atoms with Crippen LogP contribution in [-0.4, -0.2) is 10.3 Å². The fourth-order valence-corrected chi connectivity index (χ4v) is 2.12. The maximum Gasteiger partial charge on any atom is 0.0397 e. The zero-order valence-corrected chi connectivity index (χ0v) is 7.57. The van der Waals surface area contributed by atoms with Crippen LogP contribution < -0.4 is 0 Å². The van der Waals surface area contributed by atoms with E-state index in [2.05, 4.69) is 29.9 Å². The summed E-state index contributed by atoms with van der Waals surface area (Å²) in [4.78, 5) is 0. The molecule has 0 saturated heterocycles. The summed E-state index contributed by atoms with van der Waals surface area (Å²) in [5, 5.41) is 0. The van der Waals surface area contributed by atoms with Gasteiger partial charge >= 0.3 is 0 Å². The van der Waals surface area contributed by atoms with Gasteiger partial charge in [-0.15, -0.1) is 6.58 Å². The smallest absolute Gasteiger partial charge is 0.0397 e. The molecule has 0 aromatic heterocycles. The van der Waals surface area contributed by atoms with Gasteiger partial charge < -0.3 is 0 Å². The molecular formula is C3H7NS4. The van der Waals surface area contributed by atoms with Crippen molar-refractivity contribution in [2.45, 2.75) is 0 Å². The van der Waals surface area contributed by atoms with Crippen LogP contribution in [0.2, 0.25) is 0 Å². The van der Waals surface area contributed by atoms with E-state index in [1.807, 2.05) is 3.71 Å². The van der Waals surface area contributed by atoms with E-state index in [1.54, 1.807) is 6.08 Å². The second-order valence-corrected chi connectivity index (χ2v) is 3.39. The molecule has 0 aliphatic carbocycles. The largest absolute Gasteiger partial charge is 0.172 e. The first-order valence-electron chi connectivity index (χ1n) is 1.86. The Morgan fingerprint density at radius 1 is 1.50 bits per heavy atom. The van der Waals surface area contributed by atoms with E-state index in [0.717, 1.165) is 6.54 Å². The molecule has 1 nitrogen and oxygen atoms in total. The first-order chi connectivity index (χ1) is 3.85. The predicted octanol–water partition coefficient (Wildman–Crippen LogP) is 2.46. The summed E-state index contributed by atoms with van der Waals surface area (Å²) in [7, 11) is 2.68. The first kappa shape index (κ1) is 9.10. The fourth-order valence-electron chi connectivity index (χ4n) is 0.187. The topological polar surface area (TPSA) is 3.24 Å². The molecule has 0 radical (unpaired) electrons. The van der Waals surface area contributed by atoms with Crippen LogP contribution in [-0.2, 0) is 0 Å². The summed E-state index contributed by atoms with van der Waals surface area (Å²) < 4.78 is 1.87. The van der Waals surface area contributed by atoms with Crippen molar-refractivity contribution in [3.63, 3.8) is 0 Å². The van der Waals surface area contributed by atoms with E-state index in [-0.39, 0.29) is 0 Å². The number of hydrogen-bond acceptors (Lipinski definition) is 5. The van der Waals surface area contributed by atoms with Crippen molar-refractivity contribution >= 4 is 45.3 Å². The Morgan fingerprint density at radius 2 is 2.00 bits per heavy atom. The highest BCUT2D eigenvalue weighted by molar-refractivity contribution is 8.75. The van der Waals surface area contributed by atoms with Gasteiger partial charge in [-0.05, 0) is 22.0 Å². The van der Waals surface area contributed by atoms with Crippen molar-refractivity contribution in [1.29, 1.82) is 0 Å². The highest BCUT2D eigenvalue weighted by Crippen LogP contribution is 2.25. The molecule has 0 aliphatic heterocycles. The molecule has 0 N–H and O–H groups in total. The summed E-state index contributed by atoms with van der Waals surface area (Å²) >= 11 is 7.91. The molecule has 0 saturated carbocycles. The van der Waals surface area contributed by atoms with Crippen LogP contribution in [0.5, 0.6) is 0 Å². The third kappa shape index (κ3) is 4.03. The van der Waals surface area contributed by atoms with Gasteiger partial charge in [0.2, 0.25) is 0 Å². The first-order valence-corrected chi connectivity index (χ1v) is 5.51. The van der Waals surface area contributed by atoms with Gasteiger partial charge in [-0.2, -0.15) is 3.71 Å².